The monoisotopic (exact) mass is 416 g/mol. The molecule has 0 aromatic heterocycles. The Bertz CT molecular complexity index is 788. The fraction of sp³-hybridized carbons (Fsp3) is 0.840. The smallest absolute Gasteiger partial charge is 0.331 e. The number of ether oxygens (including phenoxy) is 2. The molecule has 5 rings (SSSR count). The van der Waals surface area contributed by atoms with Crippen molar-refractivity contribution in [3.8, 4) is 0 Å². The molecule has 1 heterocycles. The second kappa shape index (κ2) is 6.82. The molecule has 0 bridgehead atoms. The van der Waals surface area contributed by atoms with Crippen molar-refractivity contribution in [3.63, 3.8) is 0 Å². The van der Waals surface area contributed by atoms with E-state index in [1.165, 1.54) is 39.0 Å². The van der Waals surface area contributed by atoms with Crippen molar-refractivity contribution in [1.29, 1.82) is 0 Å². The molecule has 1 aliphatic heterocycles. The molecule has 5 aliphatic rings. The van der Waals surface area contributed by atoms with Crippen molar-refractivity contribution in [2.75, 3.05) is 6.61 Å². The SMILES string of the molecule is CC(=O)O[C@H]1C[C@]2(O)[C@@H]3CC[C@H]4CCCC[C@]4(C)[C@H]3CC[C@]2(C)[C@H]1C1=CC(=O)OC1. The van der Waals surface area contributed by atoms with Crippen molar-refractivity contribution < 1.29 is 24.2 Å². The van der Waals surface area contributed by atoms with Crippen LogP contribution in [0.3, 0.4) is 0 Å². The van der Waals surface area contributed by atoms with E-state index in [9.17, 15) is 14.7 Å². The highest BCUT2D eigenvalue weighted by Crippen LogP contribution is 2.70. The highest BCUT2D eigenvalue weighted by molar-refractivity contribution is 5.85. The maximum atomic E-state index is 12.4. The summed E-state index contributed by atoms with van der Waals surface area (Å²) < 4.78 is 11.0. The number of hydrogen-bond donors (Lipinski definition) is 1. The third-order valence-corrected chi connectivity index (χ3v) is 10.2. The summed E-state index contributed by atoms with van der Waals surface area (Å²) in [5, 5.41) is 12.4. The number of hydrogen-bond acceptors (Lipinski definition) is 5. The highest BCUT2D eigenvalue weighted by atomic mass is 16.5. The van der Waals surface area contributed by atoms with Crippen LogP contribution in [0.5, 0.6) is 0 Å². The van der Waals surface area contributed by atoms with Crippen molar-refractivity contribution >= 4 is 11.9 Å². The number of aliphatic hydroxyl groups is 1. The summed E-state index contributed by atoms with van der Waals surface area (Å²) >= 11 is 0. The fourth-order valence-corrected chi connectivity index (χ4v) is 8.82. The van der Waals surface area contributed by atoms with Gasteiger partial charge in [0.05, 0.1) is 5.60 Å². The molecule has 0 radical (unpaired) electrons. The van der Waals surface area contributed by atoms with Gasteiger partial charge in [0.15, 0.2) is 0 Å². The number of carbonyl (C=O) groups excluding carboxylic acids is 2. The topological polar surface area (TPSA) is 72.8 Å². The third kappa shape index (κ3) is 2.69. The molecule has 0 aromatic rings. The molecule has 5 nitrogen and oxygen atoms in total. The first-order valence-corrected chi connectivity index (χ1v) is 12.0. The molecule has 5 heteroatoms. The van der Waals surface area contributed by atoms with Gasteiger partial charge in [0.1, 0.15) is 12.7 Å². The minimum absolute atomic E-state index is 0.157. The van der Waals surface area contributed by atoms with Gasteiger partial charge >= 0.3 is 11.9 Å². The van der Waals surface area contributed by atoms with Crippen LogP contribution < -0.4 is 0 Å². The van der Waals surface area contributed by atoms with Crippen LogP contribution in [-0.2, 0) is 19.1 Å². The average Bonchev–Trinajstić information content (AvgIpc) is 3.18. The molecular weight excluding hydrogens is 380 g/mol. The standard InChI is InChI=1S/C25H36O5/c1-15(26)30-20-13-25(28)19-8-7-17-6-4-5-10-23(17,2)18(19)9-11-24(25,3)22(20)16-12-21(27)29-14-16/h12,17-20,22,28H,4-11,13-14H2,1-3H3/t17-,18+,19-,20+,22+,23+,24-,25+/m1/s1. The summed E-state index contributed by atoms with van der Waals surface area (Å²) in [4.78, 5) is 23.8. The zero-order valence-electron chi connectivity index (χ0n) is 18.6. The predicted molar refractivity (Wildman–Crippen MR) is 111 cm³/mol. The molecule has 4 aliphatic carbocycles. The fourth-order valence-electron chi connectivity index (χ4n) is 8.82. The zero-order valence-corrected chi connectivity index (χ0v) is 18.6. The molecule has 1 N–H and O–H groups in total. The molecular formula is C25H36O5. The molecule has 0 spiro atoms. The van der Waals surface area contributed by atoms with Gasteiger partial charge in [0, 0.05) is 30.8 Å². The van der Waals surface area contributed by atoms with Gasteiger partial charge in [-0.05, 0) is 67.3 Å². The average molecular weight is 417 g/mol. The van der Waals surface area contributed by atoms with Gasteiger partial charge in [0.25, 0.3) is 0 Å². The van der Waals surface area contributed by atoms with Gasteiger partial charge in [-0.2, -0.15) is 0 Å². The molecule has 166 valence electrons. The molecule has 4 saturated carbocycles. The van der Waals surface area contributed by atoms with Crippen LogP contribution in [0.4, 0.5) is 0 Å². The van der Waals surface area contributed by atoms with Crippen LogP contribution in [0, 0.1) is 34.5 Å². The minimum Gasteiger partial charge on any atom is -0.462 e. The Hall–Kier alpha value is -1.36. The summed E-state index contributed by atoms with van der Waals surface area (Å²) in [6, 6.07) is 0. The van der Waals surface area contributed by atoms with Crippen molar-refractivity contribution in [1.82, 2.24) is 0 Å². The van der Waals surface area contributed by atoms with Crippen LogP contribution in [0.1, 0.15) is 78.6 Å². The van der Waals surface area contributed by atoms with Crippen LogP contribution in [-0.4, -0.2) is 35.4 Å². The second-order valence-corrected chi connectivity index (χ2v) is 11.3. The lowest BCUT2D eigenvalue weighted by atomic mass is 9.43. The highest BCUT2D eigenvalue weighted by Gasteiger charge is 2.70. The van der Waals surface area contributed by atoms with Gasteiger partial charge in [-0.3, -0.25) is 4.79 Å². The van der Waals surface area contributed by atoms with E-state index in [1.54, 1.807) is 6.08 Å². The third-order valence-electron chi connectivity index (χ3n) is 10.2. The molecule has 4 fully saturated rings. The molecule has 0 aromatic carbocycles. The van der Waals surface area contributed by atoms with E-state index < -0.39 is 17.1 Å². The van der Waals surface area contributed by atoms with E-state index in [4.69, 9.17) is 9.47 Å². The largest absolute Gasteiger partial charge is 0.462 e. The Balaban J connectivity index is 1.54. The summed E-state index contributed by atoms with van der Waals surface area (Å²) in [6.07, 6.45) is 11.2. The molecule has 0 amide bonds. The Kier molecular flexibility index (Phi) is 4.67. The Morgan fingerprint density at radius 3 is 2.63 bits per heavy atom. The Labute approximate surface area is 179 Å². The second-order valence-electron chi connectivity index (χ2n) is 11.3. The van der Waals surface area contributed by atoms with E-state index >= 15 is 0 Å². The van der Waals surface area contributed by atoms with Crippen LogP contribution in [0.15, 0.2) is 11.6 Å². The molecule has 0 unspecified atom stereocenters. The summed E-state index contributed by atoms with van der Waals surface area (Å²) in [5.74, 6) is 0.746. The summed E-state index contributed by atoms with van der Waals surface area (Å²) in [7, 11) is 0. The number of cyclic esters (lactones) is 1. The zero-order chi connectivity index (χ0) is 21.3. The lowest BCUT2D eigenvalue weighted by Crippen LogP contribution is -2.61. The first-order chi connectivity index (χ1) is 14.2. The van der Waals surface area contributed by atoms with E-state index in [0.29, 0.717) is 17.8 Å². The first kappa shape index (κ1) is 20.5. The van der Waals surface area contributed by atoms with Crippen molar-refractivity contribution in [2.24, 2.45) is 34.5 Å². The lowest BCUT2D eigenvalue weighted by molar-refractivity contribution is -0.203. The summed E-state index contributed by atoms with van der Waals surface area (Å²) in [6.45, 7) is 6.35. The van der Waals surface area contributed by atoms with E-state index in [-0.39, 0.29) is 30.4 Å². The molecule has 8 atom stereocenters. The Morgan fingerprint density at radius 2 is 1.93 bits per heavy atom. The first-order valence-electron chi connectivity index (χ1n) is 12.0. The van der Waals surface area contributed by atoms with Gasteiger partial charge < -0.3 is 14.6 Å². The van der Waals surface area contributed by atoms with Crippen LogP contribution in [0.2, 0.25) is 0 Å². The van der Waals surface area contributed by atoms with E-state index in [2.05, 4.69) is 13.8 Å². The molecule has 0 saturated heterocycles. The Morgan fingerprint density at radius 1 is 1.13 bits per heavy atom. The van der Waals surface area contributed by atoms with Crippen LogP contribution in [0.25, 0.3) is 0 Å². The maximum absolute atomic E-state index is 12.4. The maximum Gasteiger partial charge on any atom is 0.331 e. The van der Waals surface area contributed by atoms with Gasteiger partial charge in [-0.1, -0.05) is 26.7 Å². The van der Waals surface area contributed by atoms with Gasteiger partial charge in [-0.15, -0.1) is 0 Å². The number of esters is 2. The lowest BCUT2D eigenvalue weighted by Gasteiger charge is -2.63. The van der Waals surface area contributed by atoms with Gasteiger partial charge in [0.2, 0.25) is 0 Å². The van der Waals surface area contributed by atoms with Gasteiger partial charge in [-0.25, -0.2) is 4.79 Å². The minimum atomic E-state index is -0.876. The quantitative estimate of drug-likeness (QED) is 0.684. The molecule has 30 heavy (non-hydrogen) atoms. The van der Waals surface area contributed by atoms with E-state index in [0.717, 1.165) is 30.8 Å². The predicted octanol–water partition coefficient (Wildman–Crippen LogP) is 4.18. The number of fused-ring (bicyclic) bond motifs is 5. The number of carbonyl (C=O) groups is 2. The van der Waals surface area contributed by atoms with Crippen molar-refractivity contribution in [3.05, 3.63) is 11.6 Å². The number of rotatable bonds is 2. The van der Waals surface area contributed by atoms with E-state index in [1.807, 2.05) is 0 Å². The van der Waals surface area contributed by atoms with Crippen molar-refractivity contribution in [2.45, 2.75) is 90.3 Å². The normalized spacial score (nSPS) is 50.1. The van der Waals surface area contributed by atoms with Crippen LogP contribution >= 0.6 is 0 Å². The summed E-state index contributed by atoms with van der Waals surface area (Å²) in [5.41, 5.74) is -0.0792.